The number of methoxy groups -OCH3 is 2. The van der Waals surface area contributed by atoms with Crippen molar-refractivity contribution in [3.8, 4) is 56.5 Å². The molecule has 2 amide bonds. The van der Waals surface area contributed by atoms with E-state index in [4.69, 9.17) is 24.5 Å². The minimum absolute atomic E-state index is 0.00359. The zero-order chi connectivity index (χ0) is 52.3. The molecule has 6 aliphatic rings. The Morgan fingerprint density at radius 2 is 1.08 bits per heavy atom. The van der Waals surface area contributed by atoms with Gasteiger partial charge in [0.15, 0.2) is 23.1 Å². The van der Waals surface area contributed by atoms with Crippen LogP contribution >= 0.6 is 0 Å². The van der Waals surface area contributed by atoms with Crippen LogP contribution in [0.3, 0.4) is 0 Å². The van der Waals surface area contributed by atoms with Crippen molar-refractivity contribution in [3.63, 3.8) is 0 Å². The SMILES string of the molecule is CC.CCn1cc(-c2ncnc3cc(OC)c(NC(=O)C45CC(N(C)C)(C4)C5)nc23)c(-c2ccc(F)cc2)n1.COc1cc2ncnc(-c3cn(C)nc3-c3ccccc3)c2nc1NC(=O)C12CC(N(C)C)(C1)C2. The molecule has 6 aromatic heterocycles. The summed E-state index contributed by atoms with van der Waals surface area (Å²) in [5.41, 5.74) is 7.97. The van der Waals surface area contributed by atoms with Crippen molar-refractivity contribution in [1.82, 2.24) is 59.3 Å². The van der Waals surface area contributed by atoms with E-state index in [9.17, 15) is 14.0 Å². The van der Waals surface area contributed by atoms with Gasteiger partial charge in [-0.05, 0) is 97.9 Å². The molecule has 6 fully saturated rings. The molecule has 19 heteroatoms. The molecule has 14 rings (SSSR count). The highest BCUT2D eigenvalue weighted by atomic mass is 19.1. The van der Waals surface area contributed by atoms with Gasteiger partial charge >= 0.3 is 0 Å². The number of aryl methyl sites for hydroxylation is 2. The van der Waals surface area contributed by atoms with Gasteiger partial charge in [-0.1, -0.05) is 44.2 Å². The van der Waals surface area contributed by atoms with E-state index in [1.54, 1.807) is 47.8 Å². The first-order valence-corrected chi connectivity index (χ1v) is 24.9. The van der Waals surface area contributed by atoms with Crippen LogP contribution in [-0.4, -0.2) is 125 Å². The van der Waals surface area contributed by atoms with Crippen molar-refractivity contribution >= 4 is 45.5 Å². The second-order valence-corrected chi connectivity index (χ2v) is 20.2. The quantitative estimate of drug-likeness (QED) is 0.111. The fraction of sp³-hybridized carbons (Fsp3) is 0.382. The number of anilines is 2. The number of pyridine rings is 2. The molecule has 74 heavy (non-hydrogen) atoms. The number of benzene rings is 2. The third-order valence-electron chi connectivity index (χ3n) is 15.5. The summed E-state index contributed by atoms with van der Waals surface area (Å²) < 4.78 is 28.3. The second-order valence-electron chi connectivity index (χ2n) is 20.2. The zero-order valence-electron chi connectivity index (χ0n) is 43.5. The fourth-order valence-corrected chi connectivity index (χ4v) is 11.2. The lowest BCUT2D eigenvalue weighted by molar-refractivity contribution is -0.204. The van der Waals surface area contributed by atoms with Crippen LogP contribution in [0, 0.1) is 16.6 Å². The van der Waals surface area contributed by atoms with Gasteiger partial charge in [0.25, 0.3) is 0 Å². The lowest BCUT2D eigenvalue weighted by Crippen LogP contribution is -2.76. The van der Waals surface area contributed by atoms with Crippen LogP contribution in [0.1, 0.15) is 59.3 Å². The molecule has 4 bridgehead atoms. The molecule has 2 N–H and O–H groups in total. The molecule has 8 aromatic rings. The zero-order valence-corrected chi connectivity index (χ0v) is 43.5. The Hall–Kier alpha value is -7.77. The van der Waals surface area contributed by atoms with Gasteiger partial charge in [-0.2, -0.15) is 10.2 Å². The highest BCUT2D eigenvalue weighted by Gasteiger charge is 2.73. The van der Waals surface area contributed by atoms with E-state index in [0.717, 1.165) is 66.5 Å². The molecule has 18 nitrogen and oxygen atoms in total. The number of halogens is 1. The van der Waals surface area contributed by atoms with Crippen LogP contribution in [-0.2, 0) is 23.2 Å². The van der Waals surface area contributed by atoms with Crippen molar-refractivity contribution in [2.75, 3.05) is 53.0 Å². The third-order valence-corrected chi connectivity index (χ3v) is 15.5. The van der Waals surface area contributed by atoms with Gasteiger partial charge in [0.05, 0.1) is 36.1 Å². The summed E-state index contributed by atoms with van der Waals surface area (Å²) in [6.45, 7) is 6.64. The van der Waals surface area contributed by atoms with Crippen LogP contribution in [0.15, 0.2) is 91.8 Å². The topological polar surface area (TPSA) is 196 Å². The standard InChI is InChI=1S/C27H28FN7O2.C26H27N7O2.C2H6/c1-5-35-11-18(21(33-35)16-6-8-17(28)9-7-16)22-23-19(29-15-30-22)10-20(37-4)24(31-23)32-25(36)26-12-27(13-26,14-26)34(2)3;1-32(2)26-12-25(13-26,14-26)24(34)30-23-19(35-4)10-18-22(29-23)21(28-15-27-18)17-11-33(3)31-20(17)16-8-6-5-7-9-16;1-2/h6-11,15H,5,12-14H2,1-4H3,(H,31,32,36);5-11,15H,12-14H2,1-4H3,(H,29,30,34);1-2H3. The first-order valence-electron chi connectivity index (χ1n) is 24.9. The van der Waals surface area contributed by atoms with E-state index in [1.165, 1.54) is 24.8 Å². The van der Waals surface area contributed by atoms with E-state index < -0.39 is 0 Å². The molecule has 6 heterocycles. The molecule has 382 valence electrons. The lowest BCUT2D eigenvalue weighted by atomic mass is 9.38. The number of nitrogens with zero attached hydrogens (tertiary/aromatic N) is 12. The van der Waals surface area contributed by atoms with E-state index >= 15 is 0 Å². The van der Waals surface area contributed by atoms with Gasteiger partial charge in [-0.25, -0.2) is 34.3 Å². The number of aromatic nitrogens is 10. The summed E-state index contributed by atoms with van der Waals surface area (Å²) in [6.07, 6.45) is 12.0. The molecule has 0 saturated heterocycles. The van der Waals surface area contributed by atoms with E-state index in [0.29, 0.717) is 68.8 Å². The molecule has 0 spiro atoms. The predicted molar refractivity (Wildman–Crippen MR) is 282 cm³/mol. The molecule has 6 saturated carbocycles. The maximum absolute atomic E-state index is 13.6. The molecule has 0 unspecified atom stereocenters. The Labute approximate surface area is 428 Å². The maximum Gasteiger partial charge on any atom is 0.232 e. The number of carbonyl (C=O) groups is 2. The van der Waals surface area contributed by atoms with Crippen LogP contribution in [0.2, 0.25) is 0 Å². The largest absolute Gasteiger partial charge is 0.493 e. The summed E-state index contributed by atoms with van der Waals surface area (Å²) in [4.78, 5) is 58.6. The average Bonchev–Trinajstić information content (AvgIpc) is 3.96. The number of nitrogens with one attached hydrogen (secondary N) is 2. The maximum atomic E-state index is 13.6. The molecular formula is C55H61FN14O4. The van der Waals surface area contributed by atoms with Crippen molar-refractivity contribution in [2.24, 2.45) is 17.9 Å². The predicted octanol–water partition coefficient (Wildman–Crippen LogP) is 8.70. The summed E-state index contributed by atoms with van der Waals surface area (Å²) in [5, 5.41) is 15.5. The van der Waals surface area contributed by atoms with Gasteiger partial charge in [-0.3, -0.25) is 19.0 Å². The molecule has 0 radical (unpaired) electrons. The first kappa shape index (κ1) is 49.8. The average molecular weight is 1000 g/mol. The number of ether oxygens (including phenoxy) is 2. The monoisotopic (exact) mass is 1000 g/mol. The molecule has 0 aliphatic heterocycles. The number of hydrogen-bond donors (Lipinski definition) is 2. The Morgan fingerprint density at radius 1 is 0.635 bits per heavy atom. The van der Waals surface area contributed by atoms with Crippen molar-refractivity contribution in [1.29, 1.82) is 0 Å². The number of fused-ring (bicyclic) bond motifs is 2. The normalized spacial score (nSPS) is 21.7. The molecule has 2 aromatic carbocycles. The molecule has 0 atom stereocenters. The highest BCUT2D eigenvalue weighted by Crippen LogP contribution is 2.70. The minimum Gasteiger partial charge on any atom is -0.493 e. The van der Waals surface area contributed by atoms with Crippen molar-refractivity contribution in [2.45, 2.75) is 76.9 Å². The van der Waals surface area contributed by atoms with Gasteiger partial charge in [0, 0.05) is 71.5 Å². The molecule has 6 aliphatic carbocycles. The van der Waals surface area contributed by atoms with Crippen LogP contribution < -0.4 is 20.1 Å². The summed E-state index contributed by atoms with van der Waals surface area (Å²) in [7, 11) is 13.3. The summed E-state index contributed by atoms with van der Waals surface area (Å²) in [5.74, 6) is 1.27. The van der Waals surface area contributed by atoms with Crippen molar-refractivity contribution < 1.29 is 23.5 Å². The van der Waals surface area contributed by atoms with Crippen molar-refractivity contribution in [3.05, 3.63) is 97.6 Å². The highest BCUT2D eigenvalue weighted by molar-refractivity contribution is 6.02. The van der Waals surface area contributed by atoms with Gasteiger partial charge in [0.1, 0.15) is 52.3 Å². The third kappa shape index (κ3) is 8.27. The second kappa shape index (κ2) is 18.9. The number of hydrogen-bond acceptors (Lipinski definition) is 14. The lowest BCUT2D eigenvalue weighted by Gasteiger charge is -2.71. The Morgan fingerprint density at radius 3 is 1.53 bits per heavy atom. The van der Waals surface area contributed by atoms with Gasteiger partial charge in [-0.15, -0.1) is 0 Å². The fourth-order valence-electron chi connectivity index (χ4n) is 11.2. The first-order chi connectivity index (χ1) is 35.6. The van der Waals surface area contributed by atoms with E-state index in [-0.39, 0.29) is 39.5 Å². The van der Waals surface area contributed by atoms with Crippen LogP contribution in [0.4, 0.5) is 16.0 Å². The Kier molecular flexibility index (Phi) is 12.7. The number of carbonyl (C=O) groups excluding carboxylic acids is 2. The summed E-state index contributed by atoms with van der Waals surface area (Å²) >= 11 is 0. The van der Waals surface area contributed by atoms with Gasteiger partial charge < -0.3 is 29.9 Å². The van der Waals surface area contributed by atoms with Gasteiger partial charge in [0.2, 0.25) is 11.8 Å². The van der Waals surface area contributed by atoms with Crippen LogP contribution in [0.5, 0.6) is 11.5 Å². The molecular weight excluding hydrogens is 940 g/mol. The number of amides is 2. The van der Waals surface area contributed by atoms with E-state index in [2.05, 4.69) is 73.7 Å². The Balaban J connectivity index is 0.000000164. The number of rotatable bonds is 13. The van der Waals surface area contributed by atoms with Crippen LogP contribution in [0.25, 0.3) is 67.1 Å². The van der Waals surface area contributed by atoms with E-state index in [1.807, 2.05) is 70.5 Å². The Bertz CT molecular complexity index is 3410. The smallest absolute Gasteiger partial charge is 0.232 e. The minimum atomic E-state index is -0.347. The summed E-state index contributed by atoms with van der Waals surface area (Å²) in [6, 6.07) is 19.7.